The Balaban J connectivity index is 1.86. The Hall–Kier alpha value is -1.40. The minimum atomic E-state index is -0.135. The van der Waals surface area contributed by atoms with E-state index in [1.54, 1.807) is 6.33 Å². The molecule has 0 aliphatic heterocycles. The smallest absolute Gasteiger partial charge is 0.226 e. The first-order valence-electron chi connectivity index (χ1n) is 5.89. The van der Waals surface area contributed by atoms with Crippen LogP contribution in [0.5, 0.6) is 0 Å². The predicted octanol–water partition coefficient (Wildman–Crippen LogP) is 1.21. The van der Waals surface area contributed by atoms with Gasteiger partial charge in [0, 0.05) is 13.6 Å². The first kappa shape index (κ1) is 11.7. The highest BCUT2D eigenvalue weighted by Crippen LogP contribution is 2.30. The molecule has 2 aromatic heterocycles. The maximum absolute atomic E-state index is 9.30. The third kappa shape index (κ3) is 2.02. The van der Waals surface area contributed by atoms with Crippen LogP contribution in [0.25, 0.3) is 11.2 Å². The van der Waals surface area contributed by atoms with Crippen molar-refractivity contribution in [2.45, 2.75) is 18.9 Å². The molecule has 1 aliphatic carbocycles. The van der Waals surface area contributed by atoms with E-state index in [4.69, 9.17) is 11.6 Å². The molecular weight excluding hydrogens is 254 g/mol. The van der Waals surface area contributed by atoms with Gasteiger partial charge in [-0.15, -0.1) is 0 Å². The monoisotopic (exact) mass is 267 g/mol. The van der Waals surface area contributed by atoms with Gasteiger partial charge in [0.1, 0.15) is 5.52 Å². The fourth-order valence-electron chi connectivity index (χ4n) is 2.39. The van der Waals surface area contributed by atoms with Crippen LogP contribution in [0.1, 0.15) is 12.8 Å². The van der Waals surface area contributed by atoms with Crippen LogP contribution in [0, 0.1) is 5.92 Å². The SMILES string of the molecule is CN(CC1CC(O)C1)c1nc(Cl)nc2nc[nH]c12. The Morgan fingerprint density at radius 1 is 1.50 bits per heavy atom. The molecule has 96 valence electrons. The summed E-state index contributed by atoms with van der Waals surface area (Å²) < 4.78 is 0. The lowest BCUT2D eigenvalue weighted by Crippen LogP contribution is -2.37. The summed E-state index contributed by atoms with van der Waals surface area (Å²) in [7, 11) is 1.96. The molecule has 2 aromatic rings. The molecule has 3 rings (SSSR count). The lowest BCUT2D eigenvalue weighted by Gasteiger charge is -2.34. The number of imidazole rings is 1. The molecule has 0 saturated heterocycles. The second kappa shape index (κ2) is 4.37. The average Bonchev–Trinajstić information content (AvgIpc) is 2.73. The third-order valence-electron chi connectivity index (χ3n) is 3.34. The van der Waals surface area contributed by atoms with Crippen molar-refractivity contribution in [1.29, 1.82) is 0 Å². The lowest BCUT2D eigenvalue weighted by atomic mass is 9.82. The van der Waals surface area contributed by atoms with Crippen LogP contribution in [-0.2, 0) is 0 Å². The van der Waals surface area contributed by atoms with E-state index in [0.717, 1.165) is 30.7 Å². The Labute approximate surface area is 109 Å². The molecule has 1 saturated carbocycles. The second-order valence-electron chi connectivity index (χ2n) is 4.79. The van der Waals surface area contributed by atoms with Gasteiger partial charge >= 0.3 is 0 Å². The van der Waals surface area contributed by atoms with Gasteiger partial charge < -0.3 is 15.0 Å². The predicted molar refractivity (Wildman–Crippen MR) is 68.7 cm³/mol. The number of aliphatic hydroxyl groups is 1. The van der Waals surface area contributed by atoms with Crippen molar-refractivity contribution in [2.24, 2.45) is 5.92 Å². The van der Waals surface area contributed by atoms with Crippen LogP contribution < -0.4 is 4.90 Å². The normalized spacial score (nSPS) is 23.1. The number of nitrogens with zero attached hydrogens (tertiary/aromatic N) is 4. The average molecular weight is 268 g/mol. The first-order valence-corrected chi connectivity index (χ1v) is 6.27. The van der Waals surface area contributed by atoms with Crippen LogP contribution in [-0.4, -0.2) is 44.7 Å². The number of fused-ring (bicyclic) bond motifs is 1. The van der Waals surface area contributed by atoms with Gasteiger partial charge in [-0.1, -0.05) is 0 Å². The zero-order valence-corrected chi connectivity index (χ0v) is 10.7. The minimum Gasteiger partial charge on any atom is -0.393 e. The molecule has 1 fully saturated rings. The van der Waals surface area contributed by atoms with Crippen LogP contribution in [0.4, 0.5) is 5.82 Å². The van der Waals surface area contributed by atoms with Crippen molar-refractivity contribution in [3.8, 4) is 0 Å². The van der Waals surface area contributed by atoms with Crippen LogP contribution in [0.15, 0.2) is 6.33 Å². The minimum absolute atomic E-state index is 0.135. The molecule has 0 radical (unpaired) electrons. The number of anilines is 1. The summed E-state index contributed by atoms with van der Waals surface area (Å²) in [6.45, 7) is 0.846. The van der Waals surface area contributed by atoms with E-state index in [9.17, 15) is 5.11 Å². The molecule has 1 aliphatic rings. The molecule has 0 amide bonds. The van der Waals surface area contributed by atoms with Crippen molar-refractivity contribution in [2.75, 3.05) is 18.5 Å². The first-order chi connectivity index (χ1) is 8.63. The number of aliphatic hydroxyl groups excluding tert-OH is 1. The van der Waals surface area contributed by atoms with Gasteiger partial charge in [0.05, 0.1) is 12.4 Å². The number of halogens is 1. The summed E-state index contributed by atoms with van der Waals surface area (Å²) in [4.78, 5) is 17.5. The van der Waals surface area contributed by atoms with Crippen LogP contribution in [0.3, 0.4) is 0 Å². The molecule has 2 N–H and O–H groups in total. The van der Waals surface area contributed by atoms with E-state index in [1.165, 1.54) is 0 Å². The molecule has 0 bridgehead atoms. The van der Waals surface area contributed by atoms with Crippen LogP contribution >= 0.6 is 11.6 Å². The van der Waals surface area contributed by atoms with E-state index >= 15 is 0 Å². The van der Waals surface area contributed by atoms with E-state index < -0.39 is 0 Å². The molecule has 18 heavy (non-hydrogen) atoms. The van der Waals surface area contributed by atoms with Crippen molar-refractivity contribution in [3.63, 3.8) is 0 Å². The number of hydrogen-bond acceptors (Lipinski definition) is 5. The highest BCUT2D eigenvalue weighted by atomic mass is 35.5. The van der Waals surface area contributed by atoms with Gasteiger partial charge in [-0.2, -0.15) is 9.97 Å². The number of H-pyrrole nitrogens is 1. The number of hydrogen-bond donors (Lipinski definition) is 2. The summed E-state index contributed by atoms with van der Waals surface area (Å²) in [5.41, 5.74) is 1.37. The van der Waals surface area contributed by atoms with Gasteiger partial charge in [0.2, 0.25) is 5.28 Å². The summed E-state index contributed by atoms with van der Waals surface area (Å²) in [5, 5.41) is 9.50. The van der Waals surface area contributed by atoms with Crippen LogP contribution in [0.2, 0.25) is 5.28 Å². The maximum atomic E-state index is 9.30. The number of aromatic amines is 1. The molecule has 7 heteroatoms. The Kier molecular flexibility index (Phi) is 2.83. The fraction of sp³-hybridized carbons (Fsp3) is 0.545. The molecule has 0 spiro atoms. The van der Waals surface area contributed by atoms with Gasteiger partial charge in [-0.3, -0.25) is 0 Å². The van der Waals surface area contributed by atoms with Crippen molar-refractivity contribution < 1.29 is 5.11 Å². The zero-order valence-electron chi connectivity index (χ0n) is 9.97. The lowest BCUT2D eigenvalue weighted by molar-refractivity contribution is 0.0464. The van der Waals surface area contributed by atoms with Gasteiger partial charge in [-0.25, -0.2) is 4.98 Å². The largest absolute Gasteiger partial charge is 0.393 e. The van der Waals surface area contributed by atoms with Gasteiger partial charge in [-0.05, 0) is 30.4 Å². The molecular formula is C11H14ClN5O. The number of nitrogens with one attached hydrogen (secondary N) is 1. The van der Waals surface area contributed by atoms with E-state index in [1.807, 2.05) is 11.9 Å². The Morgan fingerprint density at radius 3 is 3.00 bits per heavy atom. The quantitative estimate of drug-likeness (QED) is 0.818. The molecule has 0 aromatic carbocycles. The zero-order chi connectivity index (χ0) is 12.7. The maximum Gasteiger partial charge on any atom is 0.226 e. The van der Waals surface area contributed by atoms with E-state index in [0.29, 0.717) is 11.6 Å². The van der Waals surface area contributed by atoms with Crippen molar-refractivity contribution in [1.82, 2.24) is 19.9 Å². The highest BCUT2D eigenvalue weighted by Gasteiger charge is 2.28. The second-order valence-corrected chi connectivity index (χ2v) is 5.13. The van der Waals surface area contributed by atoms with Gasteiger partial charge in [0.15, 0.2) is 11.5 Å². The summed E-state index contributed by atoms with van der Waals surface area (Å²) in [6, 6.07) is 0. The Morgan fingerprint density at radius 2 is 2.28 bits per heavy atom. The Bertz CT molecular complexity index is 566. The molecule has 0 atom stereocenters. The standard InChI is InChI=1S/C11H14ClN5O/c1-17(4-6-2-7(18)3-6)10-8-9(14-5-13-8)15-11(12)16-10/h5-7,18H,2-4H2,1H3,(H,13,14,15,16). The molecule has 2 heterocycles. The molecule has 0 unspecified atom stereocenters. The van der Waals surface area contributed by atoms with E-state index in [-0.39, 0.29) is 11.4 Å². The molecule has 6 nitrogen and oxygen atoms in total. The van der Waals surface area contributed by atoms with E-state index in [2.05, 4.69) is 19.9 Å². The number of aromatic nitrogens is 4. The third-order valence-corrected chi connectivity index (χ3v) is 3.51. The van der Waals surface area contributed by atoms with Crippen molar-refractivity contribution >= 4 is 28.6 Å². The van der Waals surface area contributed by atoms with Gasteiger partial charge in [0.25, 0.3) is 0 Å². The highest BCUT2D eigenvalue weighted by molar-refractivity contribution is 6.28. The number of rotatable bonds is 3. The summed E-state index contributed by atoms with van der Waals surface area (Å²) >= 11 is 5.89. The fourth-order valence-corrected chi connectivity index (χ4v) is 2.55. The topological polar surface area (TPSA) is 77.9 Å². The summed E-state index contributed by atoms with van der Waals surface area (Å²) in [5.74, 6) is 1.26. The summed E-state index contributed by atoms with van der Waals surface area (Å²) in [6.07, 6.45) is 3.16. The van der Waals surface area contributed by atoms with Crippen molar-refractivity contribution in [3.05, 3.63) is 11.6 Å².